The van der Waals surface area contributed by atoms with Gasteiger partial charge in [-0.25, -0.2) is 0 Å². The molecular weight excluding hydrogens is 318 g/mol. The number of hydrogen-bond acceptors (Lipinski definition) is 4. The Labute approximate surface area is 146 Å². The lowest BCUT2D eigenvalue weighted by molar-refractivity contribution is -0.125. The smallest absolute Gasteiger partial charge is 0.253 e. The Hall–Kier alpha value is -2.70. The van der Waals surface area contributed by atoms with Crippen LogP contribution in [0.15, 0.2) is 54.6 Å². The van der Waals surface area contributed by atoms with Gasteiger partial charge in [0, 0.05) is 17.9 Å². The second kappa shape index (κ2) is 7.92. The number of nitrogens with two attached hydrogens (primary N) is 1. The number of hydrogen-bond donors (Lipinski definition) is 2. The van der Waals surface area contributed by atoms with E-state index in [1.807, 2.05) is 42.5 Å². The number of amides is 2. The van der Waals surface area contributed by atoms with Gasteiger partial charge in [-0.05, 0) is 36.2 Å². The first-order chi connectivity index (χ1) is 12.1. The SMILES string of the molecule is N[C@H](Cc1ccccc1)C(=O)Nc1ccc(N2CCOCC2=O)cc1. The Bertz CT molecular complexity index is 731. The number of carbonyl (C=O) groups excluding carboxylic acids is 2. The zero-order chi connectivity index (χ0) is 17.6. The molecule has 0 aromatic heterocycles. The van der Waals surface area contributed by atoms with Crippen molar-refractivity contribution < 1.29 is 14.3 Å². The summed E-state index contributed by atoms with van der Waals surface area (Å²) in [5.74, 6) is -0.299. The minimum Gasteiger partial charge on any atom is -0.370 e. The molecule has 3 rings (SSSR count). The fraction of sp³-hybridized carbons (Fsp3) is 0.263. The Morgan fingerprint density at radius 2 is 1.88 bits per heavy atom. The van der Waals surface area contributed by atoms with Crippen LogP contribution in [0.2, 0.25) is 0 Å². The lowest BCUT2D eigenvalue weighted by Crippen LogP contribution is -2.41. The fourth-order valence-corrected chi connectivity index (χ4v) is 2.71. The molecule has 1 aliphatic heterocycles. The van der Waals surface area contributed by atoms with E-state index in [1.54, 1.807) is 17.0 Å². The maximum absolute atomic E-state index is 12.2. The van der Waals surface area contributed by atoms with Crippen molar-refractivity contribution in [3.05, 3.63) is 60.2 Å². The first kappa shape index (κ1) is 17.1. The van der Waals surface area contributed by atoms with E-state index < -0.39 is 6.04 Å². The van der Waals surface area contributed by atoms with Crippen LogP contribution in [-0.2, 0) is 20.7 Å². The number of ether oxygens (including phenoxy) is 1. The summed E-state index contributed by atoms with van der Waals surface area (Å²) in [5.41, 5.74) is 8.45. The second-order valence-corrected chi connectivity index (χ2v) is 5.93. The van der Waals surface area contributed by atoms with Crippen molar-refractivity contribution in [1.82, 2.24) is 0 Å². The van der Waals surface area contributed by atoms with Crippen molar-refractivity contribution in [3.63, 3.8) is 0 Å². The summed E-state index contributed by atoms with van der Waals surface area (Å²) in [5, 5.41) is 2.81. The Morgan fingerprint density at radius 3 is 2.56 bits per heavy atom. The monoisotopic (exact) mass is 339 g/mol. The third-order valence-corrected chi connectivity index (χ3v) is 4.07. The number of anilines is 2. The number of rotatable bonds is 5. The minimum atomic E-state index is -0.622. The predicted octanol–water partition coefficient (Wildman–Crippen LogP) is 1.56. The number of nitrogens with zero attached hydrogens (tertiary/aromatic N) is 1. The normalized spacial score (nSPS) is 15.7. The first-order valence-corrected chi connectivity index (χ1v) is 8.22. The molecule has 1 heterocycles. The highest BCUT2D eigenvalue weighted by Crippen LogP contribution is 2.19. The maximum Gasteiger partial charge on any atom is 0.253 e. The van der Waals surface area contributed by atoms with Gasteiger partial charge in [0.05, 0.1) is 12.6 Å². The highest BCUT2D eigenvalue weighted by molar-refractivity contribution is 5.96. The van der Waals surface area contributed by atoms with Crippen molar-refractivity contribution in [2.45, 2.75) is 12.5 Å². The molecule has 25 heavy (non-hydrogen) atoms. The molecule has 1 fully saturated rings. The summed E-state index contributed by atoms with van der Waals surface area (Å²) >= 11 is 0. The highest BCUT2D eigenvalue weighted by atomic mass is 16.5. The average molecular weight is 339 g/mol. The van der Waals surface area contributed by atoms with E-state index in [4.69, 9.17) is 10.5 Å². The van der Waals surface area contributed by atoms with Gasteiger partial charge in [0.2, 0.25) is 5.91 Å². The van der Waals surface area contributed by atoms with Crippen molar-refractivity contribution in [1.29, 1.82) is 0 Å². The molecule has 0 saturated carbocycles. The maximum atomic E-state index is 12.2. The van der Waals surface area contributed by atoms with Gasteiger partial charge in [0.1, 0.15) is 6.61 Å². The van der Waals surface area contributed by atoms with Crippen molar-refractivity contribution >= 4 is 23.2 Å². The molecule has 2 amide bonds. The van der Waals surface area contributed by atoms with E-state index in [9.17, 15) is 9.59 Å². The zero-order valence-corrected chi connectivity index (χ0v) is 13.9. The van der Waals surface area contributed by atoms with Gasteiger partial charge < -0.3 is 20.7 Å². The Balaban J connectivity index is 1.59. The molecule has 6 nitrogen and oxygen atoms in total. The molecule has 6 heteroatoms. The summed E-state index contributed by atoms with van der Waals surface area (Å²) in [7, 11) is 0. The topological polar surface area (TPSA) is 84.7 Å². The average Bonchev–Trinajstić information content (AvgIpc) is 2.64. The Kier molecular flexibility index (Phi) is 5.42. The first-order valence-electron chi connectivity index (χ1n) is 8.22. The van der Waals surface area contributed by atoms with Crippen molar-refractivity contribution in [2.75, 3.05) is 30.0 Å². The number of morpholine rings is 1. The molecule has 0 unspecified atom stereocenters. The summed E-state index contributed by atoms with van der Waals surface area (Å²) in [6.45, 7) is 1.16. The summed E-state index contributed by atoms with van der Waals surface area (Å²) in [6, 6.07) is 16.2. The summed E-state index contributed by atoms with van der Waals surface area (Å²) < 4.78 is 5.12. The van der Waals surface area contributed by atoms with E-state index in [0.717, 1.165) is 11.3 Å². The number of nitrogens with one attached hydrogen (secondary N) is 1. The highest BCUT2D eigenvalue weighted by Gasteiger charge is 2.20. The molecule has 0 spiro atoms. The molecule has 2 aromatic rings. The number of carbonyl (C=O) groups is 2. The van der Waals surface area contributed by atoms with Gasteiger partial charge in [-0.2, -0.15) is 0 Å². The second-order valence-electron chi connectivity index (χ2n) is 5.93. The van der Waals surface area contributed by atoms with Gasteiger partial charge in [-0.15, -0.1) is 0 Å². The van der Waals surface area contributed by atoms with E-state index in [1.165, 1.54) is 0 Å². The van der Waals surface area contributed by atoms with Crippen LogP contribution in [0, 0.1) is 0 Å². The van der Waals surface area contributed by atoms with Crippen LogP contribution in [0.1, 0.15) is 5.56 Å². The van der Waals surface area contributed by atoms with Gasteiger partial charge >= 0.3 is 0 Å². The largest absolute Gasteiger partial charge is 0.370 e. The standard InChI is InChI=1S/C19H21N3O3/c20-17(12-14-4-2-1-3-5-14)19(24)21-15-6-8-16(9-7-15)22-10-11-25-13-18(22)23/h1-9,17H,10-13,20H2,(H,21,24)/t17-/m1/s1. The van der Waals surface area contributed by atoms with Crippen molar-refractivity contribution in [2.24, 2.45) is 5.73 Å². The van der Waals surface area contributed by atoms with Crippen LogP contribution in [0.5, 0.6) is 0 Å². The van der Waals surface area contributed by atoms with Gasteiger partial charge in [-0.3, -0.25) is 9.59 Å². The fourth-order valence-electron chi connectivity index (χ4n) is 2.71. The van der Waals surface area contributed by atoms with Crippen LogP contribution >= 0.6 is 0 Å². The zero-order valence-electron chi connectivity index (χ0n) is 13.9. The third-order valence-electron chi connectivity index (χ3n) is 4.07. The van der Waals surface area contributed by atoms with Crippen LogP contribution in [0.25, 0.3) is 0 Å². The van der Waals surface area contributed by atoms with E-state index in [0.29, 0.717) is 25.3 Å². The number of benzene rings is 2. The molecule has 1 aliphatic rings. The van der Waals surface area contributed by atoms with E-state index in [-0.39, 0.29) is 18.4 Å². The lowest BCUT2D eigenvalue weighted by atomic mass is 10.1. The molecule has 0 aliphatic carbocycles. The molecule has 1 saturated heterocycles. The minimum absolute atomic E-state index is 0.0621. The molecule has 1 atom stereocenters. The molecule has 0 bridgehead atoms. The quantitative estimate of drug-likeness (QED) is 0.866. The van der Waals surface area contributed by atoms with Crippen LogP contribution in [0.4, 0.5) is 11.4 Å². The predicted molar refractivity (Wildman–Crippen MR) is 96.4 cm³/mol. The van der Waals surface area contributed by atoms with E-state index >= 15 is 0 Å². The van der Waals surface area contributed by atoms with Gasteiger partial charge in [0.25, 0.3) is 5.91 Å². The summed E-state index contributed by atoms with van der Waals surface area (Å²) in [4.78, 5) is 25.8. The van der Waals surface area contributed by atoms with Crippen molar-refractivity contribution in [3.8, 4) is 0 Å². The van der Waals surface area contributed by atoms with Crippen LogP contribution in [0.3, 0.4) is 0 Å². The molecule has 2 aromatic carbocycles. The lowest BCUT2D eigenvalue weighted by Gasteiger charge is -2.27. The summed E-state index contributed by atoms with van der Waals surface area (Å²) in [6.07, 6.45) is 0.479. The van der Waals surface area contributed by atoms with Crippen LogP contribution in [-0.4, -0.2) is 37.6 Å². The molecule has 130 valence electrons. The molecular formula is C19H21N3O3. The Morgan fingerprint density at radius 1 is 1.16 bits per heavy atom. The molecule has 0 radical (unpaired) electrons. The van der Waals surface area contributed by atoms with Gasteiger partial charge in [0.15, 0.2) is 0 Å². The van der Waals surface area contributed by atoms with Crippen LogP contribution < -0.4 is 16.0 Å². The molecule has 3 N–H and O–H groups in total. The van der Waals surface area contributed by atoms with E-state index in [2.05, 4.69) is 5.32 Å². The van der Waals surface area contributed by atoms with Gasteiger partial charge in [-0.1, -0.05) is 30.3 Å². The third kappa shape index (κ3) is 4.43.